The Balaban J connectivity index is 1.84. The maximum Gasteiger partial charge on any atom is 0.257 e. The summed E-state index contributed by atoms with van der Waals surface area (Å²) in [7, 11) is 0. The summed E-state index contributed by atoms with van der Waals surface area (Å²) in [6.45, 7) is 6.04. The van der Waals surface area contributed by atoms with Gasteiger partial charge in [-0.1, -0.05) is 18.5 Å². The first-order valence-electron chi connectivity index (χ1n) is 7.73. The van der Waals surface area contributed by atoms with Crippen molar-refractivity contribution in [3.63, 3.8) is 0 Å². The number of amides is 1. The Morgan fingerprint density at radius 1 is 1.39 bits per heavy atom. The van der Waals surface area contributed by atoms with E-state index in [0.717, 1.165) is 24.3 Å². The molecular formula is C17H21ClN4O. The molecule has 23 heavy (non-hydrogen) atoms. The molecule has 0 aliphatic carbocycles. The molecule has 2 aromatic rings. The summed E-state index contributed by atoms with van der Waals surface area (Å²) in [5.41, 5.74) is 8.10. The molecule has 1 aromatic carbocycles. The standard InChI is InChI=1S/C17H21ClN4O/c1-12-15(16(23)21-8-7-17(2,10-19)11-21)9-22(20-12)14-5-3-13(18)4-6-14/h3-6,9H,7-8,10-11,19H2,1-2H3. The third kappa shape index (κ3) is 3.12. The topological polar surface area (TPSA) is 64.2 Å². The van der Waals surface area contributed by atoms with E-state index in [4.69, 9.17) is 17.3 Å². The average Bonchev–Trinajstić information content (AvgIpc) is 3.12. The van der Waals surface area contributed by atoms with E-state index in [-0.39, 0.29) is 11.3 Å². The number of halogens is 1. The molecule has 6 heteroatoms. The fourth-order valence-electron chi connectivity index (χ4n) is 2.93. The van der Waals surface area contributed by atoms with Crippen molar-refractivity contribution in [1.29, 1.82) is 0 Å². The van der Waals surface area contributed by atoms with Crippen LogP contribution >= 0.6 is 11.6 Å². The minimum absolute atomic E-state index is 0.0235. The second-order valence-electron chi connectivity index (χ2n) is 6.54. The zero-order valence-corrected chi connectivity index (χ0v) is 14.2. The van der Waals surface area contributed by atoms with E-state index in [1.54, 1.807) is 10.9 Å². The van der Waals surface area contributed by atoms with Gasteiger partial charge in [0.1, 0.15) is 0 Å². The van der Waals surface area contributed by atoms with Gasteiger partial charge in [-0.2, -0.15) is 5.10 Å². The normalized spacial score (nSPS) is 21.0. The largest absolute Gasteiger partial charge is 0.338 e. The molecule has 1 aliphatic rings. The van der Waals surface area contributed by atoms with Crippen molar-refractivity contribution < 1.29 is 4.79 Å². The molecule has 1 unspecified atom stereocenters. The number of carbonyl (C=O) groups is 1. The number of aryl methyl sites for hydroxylation is 1. The van der Waals surface area contributed by atoms with Gasteiger partial charge in [0.05, 0.1) is 16.9 Å². The number of nitrogens with zero attached hydrogens (tertiary/aromatic N) is 3. The molecule has 1 amide bonds. The summed E-state index contributed by atoms with van der Waals surface area (Å²) < 4.78 is 1.72. The molecule has 5 nitrogen and oxygen atoms in total. The van der Waals surface area contributed by atoms with Crippen LogP contribution in [-0.4, -0.2) is 40.2 Å². The molecule has 0 spiro atoms. The lowest BCUT2D eigenvalue weighted by molar-refractivity contribution is 0.0776. The molecule has 1 aromatic heterocycles. The van der Waals surface area contributed by atoms with Crippen LogP contribution < -0.4 is 5.73 Å². The zero-order valence-electron chi connectivity index (χ0n) is 13.4. The number of carbonyl (C=O) groups excluding carboxylic acids is 1. The van der Waals surface area contributed by atoms with E-state index in [0.29, 0.717) is 23.7 Å². The van der Waals surface area contributed by atoms with Gasteiger partial charge in [-0.3, -0.25) is 4.79 Å². The lowest BCUT2D eigenvalue weighted by atomic mass is 9.90. The predicted molar refractivity (Wildman–Crippen MR) is 91.0 cm³/mol. The third-order valence-electron chi connectivity index (χ3n) is 4.56. The monoisotopic (exact) mass is 332 g/mol. The summed E-state index contributed by atoms with van der Waals surface area (Å²) in [5, 5.41) is 5.13. The molecule has 0 radical (unpaired) electrons. The number of hydrogen-bond acceptors (Lipinski definition) is 3. The van der Waals surface area contributed by atoms with Crippen molar-refractivity contribution in [3.8, 4) is 5.69 Å². The smallest absolute Gasteiger partial charge is 0.257 e. The Labute approximate surface area is 141 Å². The Morgan fingerprint density at radius 2 is 2.09 bits per heavy atom. The second-order valence-corrected chi connectivity index (χ2v) is 6.98. The molecule has 1 aliphatic heterocycles. The van der Waals surface area contributed by atoms with Gasteiger partial charge in [0, 0.05) is 24.3 Å². The molecule has 1 fully saturated rings. The van der Waals surface area contributed by atoms with Crippen molar-refractivity contribution in [2.45, 2.75) is 20.3 Å². The van der Waals surface area contributed by atoms with E-state index in [9.17, 15) is 4.79 Å². The van der Waals surface area contributed by atoms with Gasteiger partial charge in [0.25, 0.3) is 5.91 Å². The number of benzene rings is 1. The van der Waals surface area contributed by atoms with E-state index in [1.807, 2.05) is 36.1 Å². The van der Waals surface area contributed by atoms with Crippen LogP contribution in [0.3, 0.4) is 0 Å². The molecule has 122 valence electrons. The maximum atomic E-state index is 12.8. The molecule has 0 saturated carbocycles. The van der Waals surface area contributed by atoms with E-state index in [2.05, 4.69) is 12.0 Å². The third-order valence-corrected chi connectivity index (χ3v) is 4.81. The first-order chi connectivity index (χ1) is 10.9. The Kier molecular flexibility index (Phi) is 4.17. The molecular weight excluding hydrogens is 312 g/mol. The molecule has 3 rings (SSSR count). The van der Waals surface area contributed by atoms with Crippen LogP contribution in [-0.2, 0) is 0 Å². The summed E-state index contributed by atoms with van der Waals surface area (Å²) >= 11 is 5.91. The zero-order chi connectivity index (χ0) is 16.6. The minimum Gasteiger partial charge on any atom is -0.338 e. The van der Waals surface area contributed by atoms with Crippen LogP contribution in [0.15, 0.2) is 30.5 Å². The minimum atomic E-state index is 0.0235. The molecule has 2 N–H and O–H groups in total. The van der Waals surface area contributed by atoms with Crippen molar-refractivity contribution in [3.05, 3.63) is 46.7 Å². The molecule has 0 bridgehead atoms. The maximum absolute atomic E-state index is 12.8. The number of aromatic nitrogens is 2. The summed E-state index contributed by atoms with van der Waals surface area (Å²) in [6, 6.07) is 7.37. The fourth-order valence-corrected chi connectivity index (χ4v) is 3.06. The highest BCUT2D eigenvalue weighted by atomic mass is 35.5. The average molecular weight is 333 g/mol. The van der Waals surface area contributed by atoms with Gasteiger partial charge in [0.15, 0.2) is 0 Å². The van der Waals surface area contributed by atoms with Gasteiger partial charge < -0.3 is 10.6 Å². The van der Waals surface area contributed by atoms with Gasteiger partial charge in [0.2, 0.25) is 0 Å². The molecule has 1 atom stereocenters. The van der Waals surface area contributed by atoms with Gasteiger partial charge in [-0.05, 0) is 49.6 Å². The first-order valence-corrected chi connectivity index (χ1v) is 8.11. The lowest BCUT2D eigenvalue weighted by Gasteiger charge is -2.22. The van der Waals surface area contributed by atoms with Crippen molar-refractivity contribution in [2.75, 3.05) is 19.6 Å². The Morgan fingerprint density at radius 3 is 2.70 bits per heavy atom. The van der Waals surface area contributed by atoms with Crippen molar-refractivity contribution in [2.24, 2.45) is 11.1 Å². The number of rotatable bonds is 3. The van der Waals surface area contributed by atoms with Gasteiger partial charge in [-0.25, -0.2) is 4.68 Å². The molecule has 1 saturated heterocycles. The van der Waals surface area contributed by atoms with Crippen LogP contribution in [0.1, 0.15) is 29.4 Å². The predicted octanol–water partition coefficient (Wildman–Crippen LogP) is 2.65. The van der Waals surface area contributed by atoms with E-state index in [1.165, 1.54) is 0 Å². The first kappa shape index (κ1) is 16.0. The second kappa shape index (κ2) is 5.98. The molecule has 2 heterocycles. The SMILES string of the molecule is Cc1nn(-c2ccc(Cl)cc2)cc1C(=O)N1CCC(C)(CN)C1. The van der Waals surface area contributed by atoms with E-state index < -0.39 is 0 Å². The Bertz CT molecular complexity index is 725. The quantitative estimate of drug-likeness (QED) is 0.939. The van der Waals surface area contributed by atoms with Crippen LogP contribution in [0, 0.1) is 12.3 Å². The van der Waals surface area contributed by atoms with Crippen molar-refractivity contribution >= 4 is 17.5 Å². The highest BCUT2D eigenvalue weighted by molar-refractivity contribution is 6.30. The highest BCUT2D eigenvalue weighted by Crippen LogP contribution is 2.30. The summed E-state index contributed by atoms with van der Waals surface area (Å²) in [5.74, 6) is 0.0277. The van der Waals surface area contributed by atoms with Crippen LogP contribution in [0.25, 0.3) is 5.69 Å². The van der Waals surface area contributed by atoms with Crippen LogP contribution in [0.2, 0.25) is 5.02 Å². The van der Waals surface area contributed by atoms with Crippen molar-refractivity contribution in [1.82, 2.24) is 14.7 Å². The van der Waals surface area contributed by atoms with Crippen LogP contribution in [0.5, 0.6) is 0 Å². The summed E-state index contributed by atoms with van der Waals surface area (Å²) in [4.78, 5) is 14.7. The lowest BCUT2D eigenvalue weighted by Crippen LogP contribution is -2.34. The number of likely N-dealkylation sites (tertiary alicyclic amines) is 1. The Hall–Kier alpha value is -1.85. The van der Waals surface area contributed by atoms with Crippen LogP contribution in [0.4, 0.5) is 0 Å². The van der Waals surface area contributed by atoms with Gasteiger partial charge in [-0.15, -0.1) is 0 Å². The summed E-state index contributed by atoms with van der Waals surface area (Å²) in [6.07, 6.45) is 2.73. The highest BCUT2D eigenvalue weighted by Gasteiger charge is 2.36. The van der Waals surface area contributed by atoms with Gasteiger partial charge >= 0.3 is 0 Å². The van der Waals surface area contributed by atoms with E-state index >= 15 is 0 Å². The fraction of sp³-hybridized carbons (Fsp3) is 0.412. The number of hydrogen-bond donors (Lipinski definition) is 1. The number of nitrogens with two attached hydrogens (primary N) is 1.